The molecule has 0 radical (unpaired) electrons. The Bertz CT molecular complexity index is 1610. The molecule has 3 aromatic carbocycles. The molecule has 0 fully saturated rings. The summed E-state index contributed by atoms with van der Waals surface area (Å²) in [4.78, 5) is 3.29. The second-order valence-corrected chi connectivity index (χ2v) is 12.0. The Kier molecular flexibility index (Phi) is 8.92. The number of ether oxygens (including phenoxy) is 1. The lowest BCUT2D eigenvalue weighted by atomic mass is 10.1. The first kappa shape index (κ1) is 28.5. The molecule has 37 heavy (non-hydrogen) atoms. The number of fused-ring (bicyclic) bond motifs is 3. The maximum atomic E-state index is 11.5. The molecule has 5 N–H and O–H groups in total. The highest BCUT2D eigenvalue weighted by Crippen LogP contribution is 2.30. The summed E-state index contributed by atoms with van der Waals surface area (Å²) in [7, 11) is -6.75. The van der Waals surface area contributed by atoms with Crippen LogP contribution in [0.3, 0.4) is 0 Å². The molecule has 1 heterocycles. The number of sulfonamides is 2. The van der Waals surface area contributed by atoms with Gasteiger partial charge >= 0.3 is 0 Å². The highest BCUT2D eigenvalue weighted by Gasteiger charge is 2.11. The standard InChI is InChI=1S/C24H28N4O6S2.ClH/c1-35(30,31)27-17-5-3-4-16(12-17)24(29)15-25-10-11-34-19-7-9-21-20-8-6-18(28-36(2,32)33)13-22(20)26-23(21)14-19;/h3-9,12-14,24-29H,10-11,15H2,1-2H3;1H. The van der Waals surface area contributed by atoms with Gasteiger partial charge in [0.2, 0.25) is 20.0 Å². The number of aliphatic hydroxyl groups excluding tert-OH is 1. The zero-order valence-electron chi connectivity index (χ0n) is 20.2. The molecule has 13 heteroatoms. The molecule has 0 aliphatic rings. The van der Waals surface area contributed by atoms with Crippen LogP contribution in [0, 0.1) is 0 Å². The maximum absolute atomic E-state index is 11.5. The van der Waals surface area contributed by atoms with Gasteiger partial charge < -0.3 is 20.1 Å². The molecule has 0 aliphatic carbocycles. The van der Waals surface area contributed by atoms with Gasteiger partial charge in [-0.25, -0.2) is 16.8 Å². The first-order valence-corrected chi connectivity index (χ1v) is 14.9. The van der Waals surface area contributed by atoms with Gasteiger partial charge in [-0.1, -0.05) is 18.2 Å². The molecule has 4 aromatic rings. The summed E-state index contributed by atoms with van der Waals surface area (Å²) < 4.78 is 56.5. The van der Waals surface area contributed by atoms with Gasteiger partial charge in [0.1, 0.15) is 12.4 Å². The second kappa shape index (κ2) is 11.6. The van der Waals surface area contributed by atoms with E-state index < -0.39 is 26.2 Å². The van der Waals surface area contributed by atoms with Crippen molar-refractivity contribution in [1.29, 1.82) is 0 Å². The van der Waals surface area contributed by atoms with E-state index in [9.17, 15) is 21.9 Å². The van der Waals surface area contributed by atoms with E-state index in [1.165, 1.54) is 0 Å². The minimum absolute atomic E-state index is 0. The number of anilines is 2. The fourth-order valence-corrected chi connectivity index (χ4v) is 4.99. The Labute approximate surface area is 221 Å². The summed E-state index contributed by atoms with van der Waals surface area (Å²) >= 11 is 0. The fourth-order valence-electron chi connectivity index (χ4n) is 3.88. The summed E-state index contributed by atoms with van der Waals surface area (Å²) in [5.74, 6) is 0.672. The minimum Gasteiger partial charge on any atom is -0.492 e. The Hall–Kier alpha value is -3.03. The van der Waals surface area contributed by atoms with Crippen LogP contribution in [-0.2, 0) is 20.0 Å². The molecule has 0 saturated carbocycles. The number of aromatic nitrogens is 1. The molecule has 1 atom stereocenters. The highest BCUT2D eigenvalue weighted by atomic mass is 35.5. The Morgan fingerprint density at radius 3 is 2.16 bits per heavy atom. The Morgan fingerprint density at radius 1 is 0.865 bits per heavy atom. The zero-order valence-corrected chi connectivity index (χ0v) is 22.6. The Morgan fingerprint density at radius 2 is 1.49 bits per heavy atom. The fraction of sp³-hybridized carbons (Fsp3) is 0.250. The number of halogens is 1. The van der Waals surface area contributed by atoms with Gasteiger partial charge in [-0.05, 0) is 42.0 Å². The predicted molar refractivity (Wildman–Crippen MR) is 150 cm³/mol. The number of H-pyrrole nitrogens is 1. The van der Waals surface area contributed by atoms with Gasteiger partial charge in [-0.2, -0.15) is 0 Å². The molecule has 1 aromatic heterocycles. The summed E-state index contributed by atoms with van der Waals surface area (Å²) in [5.41, 5.74) is 3.15. The van der Waals surface area contributed by atoms with E-state index in [4.69, 9.17) is 4.74 Å². The minimum atomic E-state index is -3.39. The molecular weight excluding hydrogens is 540 g/mol. The van der Waals surface area contributed by atoms with Crippen molar-refractivity contribution in [3.8, 4) is 5.75 Å². The van der Waals surface area contributed by atoms with Gasteiger partial charge in [-0.3, -0.25) is 9.44 Å². The van der Waals surface area contributed by atoms with E-state index in [1.54, 1.807) is 36.4 Å². The molecule has 1 unspecified atom stereocenters. The van der Waals surface area contributed by atoms with Crippen LogP contribution in [0.15, 0.2) is 60.7 Å². The number of aliphatic hydroxyl groups is 1. The zero-order chi connectivity index (χ0) is 25.9. The third kappa shape index (κ3) is 7.98. The summed E-state index contributed by atoms with van der Waals surface area (Å²) in [5, 5.41) is 15.5. The highest BCUT2D eigenvalue weighted by molar-refractivity contribution is 7.92. The number of aromatic amines is 1. The van der Waals surface area contributed by atoms with Crippen molar-refractivity contribution in [1.82, 2.24) is 10.3 Å². The van der Waals surface area contributed by atoms with Gasteiger partial charge in [0.15, 0.2) is 0 Å². The van der Waals surface area contributed by atoms with Crippen molar-refractivity contribution in [2.24, 2.45) is 0 Å². The van der Waals surface area contributed by atoms with Crippen LogP contribution < -0.4 is 19.5 Å². The molecule has 0 aliphatic heterocycles. The quantitative estimate of drug-likeness (QED) is 0.174. The number of nitrogens with one attached hydrogen (secondary N) is 4. The van der Waals surface area contributed by atoms with Crippen molar-refractivity contribution in [2.45, 2.75) is 6.10 Å². The summed E-state index contributed by atoms with van der Waals surface area (Å²) in [6.07, 6.45) is 1.37. The van der Waals surface area contributed by atoms with E-state index in [0.717, 1.165) is 34.3 Å². The van der Waals surface area contributed by atoms with Crippen molar-refractivity contribution in [3.63, 3.8) is 0 Å². The normalized spacial score (nSPS) is 12.7. The summed E-state index contributed by atoms with van der Waals surface area (Å²) in [6.45, 7) is 1.14. The largest absolute Gasteiger partial charge is 0.492 e. The van der Waals surface area contributed by atoms with Crippen molar-refractivity contribution in [3.05, 3.63) is 66.2 Å². The van der Waals surface area contributed by atoms with Crippen molar-refractivity contribution in [2.75, 3.05) is 41.7 Å². The molecule has 0 saturated heterocycles. The van der Waals surface area contributed by atoms with Gasteiger partial charge in [0, 0.05) is 41.1 Å². The average molecular weight is 569 g/mol. The third-order valence-corrected chi connectivity index (χ3v) is 6.55. The maximum Gasteiger partial charge on any atom is 0.229 e. The first-order valence-electron chi connectivity index (χ1n) is 11.1. The summed E-state index contributed by atoms with van der Waals surface area (Å²) in [6, 6.07) is 17.7. The molecule has 200 valence electrons. The van der Waals surface area contributed by atoms with Crippen molar-refractivity contribution >= 4 is 65.6 Å². The van der Waals surface area contributed by atoms with Gasteiger partial charge in [-0.15, -0.1) is 12.4 Å². The van der Waals surface area contributed by atoms with Gasteiger partial charge in [0.25, 0.3) is 0 Å². The monoisotopic (exact) mass is 568 g/mol. The number of benzene rings is 3. The SMILES string of the molecule is CS(=O)(=O)Nc1cccc(C(O)CNCCOc2ccc3c(c2)[nH]c2cc(NS(C)(=O)=O)ccc23)c1.Cl. The second-order valence-electron chi connectivity index (χ2n) is 8.54. The molecule has 0 amide bonds. The van der Waals surface area contributed by atoms with Crippen LogP contribution in [0.5, 0.6) is 5.75 Å². The molecule has 0 spiro atoms. The molecule has 4 rings (SSSR count). The average Bonchev–Trinajstić information content (AvgIpc) is 3.13. The topological polar surface area (TPSA) is 150 Å². The lowest BCUT2D eigenvalue weighted by molar-refractivity contribution is 0.172. The van der Waals surface area contributed by atoms with Crippen LogP contribution in [0.25, 0.3) is 21.8 Å². The van der Waals surface area contributed by atoms with Crippen molar-refractivity contribution < 1.29 is 26.7 Å². The Balaban J connectivity index is 0.00000380. The van der Waals surface area contributed by atoms with E-state index in [2.05, 4.69) is 19.7 Å². The van der Waals surface area contributed by atoms with E-state index in [1.807, 2.05) is 24.3 Å². The first-order chi connectivity index (χ1) is 17.0. The lowest BCUT2D eigenvalue weighted by Crippen LogP contribution is -2.26. The smallest absolute Gasteiger partial charge is 0.229 e. The predicted octanol–water partition coefficient (Wildman–Crippen LogP) is 3.19. The van der Waals surface area contributed by atoms with Crippen LogP contribution in [0.4, 0.5) is 11.4 Å². The van der Waals surface area contributed by atoms with E-state index in [0.29, 0.717) is 35.8 Å². The number of hydrogen-bond donors (Lipinski definition) is 5. The number of rotatable bonds is 11. The lowest BCUT2D eigenvalue weighted by Gasteiger charge is -2.14. The van der Waals surface area contributed by atoms with E-state index >= 15 is 0 Å². The van der Waals surface area contributed by atoms with Crippen LogP contribution >= 0.6 is 12.4 Å². The van der Waals surface area contributed by atoms with Crippen LogP contribution in [0.1, 0.15) is 11.7 Å². The molecule has 10 nitrogen and oxygen atoms in total. The molecular formula is C24H29ClN4O6S2. The third-order valence-electron chi connectivity index (χ3n) is 5.33. The van der Waals surface area contributed by atoms with E-state index in [-0.39, 0.29) is 19.0 Å². The van der Waals surface area contributed by atoms with Crippen LogP contribution in [0.2, 0.25) is 0 Å². The van der Waals surface area contributed by atoms with Gasteiger partial charge in [0.05, 0.1) is 29.8 Å². The van der Waals surface area contributed by atoms with Crippen LogP contribution in [-0.4, -0.2) is 59.1 Å². The number of hydrogen-bond acceptors (Lipinski definition) is 7. The molecule has 0 bridgehead atoms.